The number of hydrogen-bond acceptors (Lipinski definition) is 2. The molecular weight excluding hydrogens is 248 g/mol. The van der Waals surface area contributed by atoms with Crippen molar-refractivity contribution in [3.63, 3.8) is 0 Å². The van der Waals surface area contributed by atoms with Gasteiger partial charge in [0.05, 0.1) is 0 Å². The van der Waals surface area contributed by atoms with Gasteiger partial charge in [-0.3, -0.25) is 0 Å². The lowest BCUT2D eigenvalue weighted by molar-refractivity contribution is -0.117. The zero-order valence-corrected chi connectivity index (χ0v) is 12.7. The molecule has 0 saturated heterocycles. The Bertz CT molecular complexity index is 502. The molecule has 0 unspecified atom stereocenters. The molecule has 2 nitrogen and oxygen atoms in total. The minimum atomic E-state index is 0.192. The number of hydrogen-bond donors (Lipinski definition) is 0. The van der Waals surface area contributed by atoms with E-state index in [1.165, 1.54) is 11.1 Å². The summed E-state index contributed by atoms with van der Waals surface area (Å²) >= 11 is 0. The van der Waals surface area contributed by atoms with Crippen LogP contribution in [0, 0.1) is 12.8 Å². The molecule has 0 radical (unpaired) electrons. The summed E-state index contributed by atoms with van der Waals surface area (Å²) in [5, 5.41) is 0. The molecule has 20 heavy (non-hydrogen) atoms. The Morgan fingerprint density at radius 2 is 2.15 bits per heavy atom. The van der Waals surface area contributed by atoms with Gasteiger partial charge in [0.1, 0.15) is 17.6 Å². The second-order valence-corrected chi connectivity index (χ2v) is 5.87. The molecule has 1 aliphatic carbocycles. The molecule has 2 rings (SSSR count). The number of Topliss-reactive ketones (excluding diaryl/α,β-unsaturated/α-hetero) is 1. The first-order valence-electron chi connectivity index (χ1n) is 7.49. The predicted octanol–water partition coefficient (Wildman–Crippen LogP) is 4.25. The van der Waals surface area contributed by atoms with E-state index in [9.17, 15) is 4.79 Å². The standard InChI is InChI=1S/C18H24O2/c1-13-10-11-17(12-13)20-18-14(2)6-4-8-16(18)9-5-7-15(3)19/h4,6,8,10-11,13,17H,5,7,9,12H2,1-3H3/t13-,17+/m1/s1. The van der Waals surface area contributed by atoms with E-state index in [0.717, 1.165) is 25.0 Å². The first-order valence-corrected chi connectivity index (χ1v) is 7.49. The highest BCUT2D eigenvalue weighted by Crippen LogP contribution is 2.29. The molecule has 1 aromatic carbocycles. The van der Waals surface area contributed by atoms with Gasteiger partial charge in [0, 0.05) is 6.42 Å². The largest absolute Gasteiger partial charge is 0.486 e. The number of allylic oxidation sites excluding steroid dienone is 1. The summed E-state index contributed by atoms with van der Waals surface area (Å²) in [4.78, 5) is 11.1. The molecule has 108 valence electrons. The number of ether oxygens (including phenoxy) is 1. The van der Waals surface area contributed by atoms with Crippen molar-refractivity contribution in [1.82, 2.24) is 0 Å². The topological polar surface area (TPSA) is 26.3 Å². The number of carbonyl (C=O) groups excluding carboxylic acids is 1. The summed E-state index contributed by atoms with van der Waals surface area (Å²) in [6.45, 7) is 5.95. The number of benzene rings is 1. The highest BCUT2D eigenvalue weighted by molar-refractivity contribution is 5.75. The fraction of sp³-hybridized carbons (Fsp3) is 0.500. The van der Waals surface area contributed by atoms with Crippen molar-refractivity contribution in [2.24, 2.45) is 5.92 Å². The maximum absolute atomic E-state index is 11.1. The zero-order chi connectivity index (χ0) is 14.5. The lowest BCUT2D eigenvalue weighted by atomic mass is 10.0. The maximum atomic E-state index is 11.1. The van der Waals surface area contributed by atoms with Gasteiger partial charge < -0.3 is 9.53 Å². The summed E-state index contributed by atoms with van der Waals surface area (Å²) in [7, 11) is 0. The van der Waals surface area contributed by atoms with Crippen molar-refractivity contribution in [3.8, 4) is 5.75 Å². The summed E-state index contributed by atoms with van der Waals surface area (Å²) in [6, 6.07) is 6.27. The van der Waals surface area contributed by atoms with Gasteiger partial charge in [0.2, 0.25) is 0 Å². The Morgan fingerprint density at radius 1 is 1.35 bits per heavy atom. The van der Waals surface area contributed by atoms with Crippen LogP contribution in [0.5, 0.6) is 5.75 Å². The van der Waals surface area contributed by atoms with E-state index < -0.39 is 0 Å². The van der Waals surface area contributed by atoms with Crippen LogP contribution in [0.25, 0.3) is 0 Å². The number of aryl methyl sites for hydroxylation is 2. The molecule has 1 aromatic rings. The van der Waals surface area contributed by atoms with Crippen molar-refractivity contribution in [2.45, 2.75) is 52.6 Å². The van der Waals surface area contributed by atoms with E-state index in [1.807, 2.05) is 0 Å². The van der Waals surface area contributed by atoms with E-state index in [1.54, 1.807) is 6.92 Å². The molecule has 0 heterocycles. The van der Waals surface area contributed by atoms with Crippen LogP contribution in [-0.4, -0.2) is 11.9 Å². The van der Waals surface area contributed by atoms with E-state index in [-0.39, 0.29) is 11.9 Å². The van der Waals surface area contributed by atoms with Crippen molar-refractivity contribution >= 4 is 5.78 Å². The van der Waals surface area contributed by atoms with E-state index in [0.29, 0.717) is 12.3 Å². The summed E-state index contributed by atoms with van der Waals surface area (Å²) < 4.78 is 6.19. The van der Waals surface area contributed by atoms with Gasteiger partial charge in [-0.1, -0.05) is 31.2 Å². The van der Waals surface area contributed by atoms with Gasteiger partial charge in [0.25, 0.3) is 0 Å². The fourth-order valence-corrected chi connectivity index (χ4v) is 2.68. The molecule has 0 bridgehead atoms. The normalized spacial score (nSPS) is 21.1. The van der Waals surface area contributed by atoms with Crippen molar-refractivity contribution in [1.29, 1.82) is 0 Å². The molecule has 0 spiro atoms. The Balaban J connectivity index is 2.06. The van der Waals surface area contributed by atoms with E-state index in [2.05, 4.69) is 44.2 Å². The maximum Gasteiger partial charge on any atom is 0.129 e. The molecule has 2 heteroatoms. The SMILES string of the molecule is CC(=O)CCCc1cccc(C)c1O[C@H]1C=C[C@@H](C)C1. The highest BCUT2D eigenvalue weighted by atomic mass is 16.5. The van der Waals surface area contributed by atoms with E-state index in [4.69, 9.17) is 4.74 Å². The van der Waals surface area contributed by atoms with Gasteiger partial charge in [-0.05, 0) is 56.2 Å². The van der Waals surface area contributed by atoms with Crippen molar-refractivity contribution < 1.29 is 9.53 Å². The lowest BCUT2D eigenvalue weighted by Gasteiger charge is -2.18. The quantitative estimate of drug-likeness (QED) is 0.724. The average Bonchev–Trinajstić information content (AvgIpc) is 2.78. The zero-order valence-electron chi connectivity index (χ0n) is 12.7. The third-order valence-electron chi connectivity index (χ3n) is 3.80. The fourth-order valence-electron chi connectivity index (χ4n) is 2.68. The smallest absolute Gasteiger partial charge is 0.129 e. The van der Waals surface area contributed by atoms with Crippen LogP contribution in [0.3, 0.4) is 0 Å². The van der Waals surface area contributed by atoms with Crippen LogP contribution >= 0.6 is 0 Å². The number of para-hydroxylation sites is 1. The Hall–Kier alpha value is -1.57. The van der Waals surface area contributed by atoms with Crippen LogP contribution in [0.2, 0.25) is 0 Å². The monoisotopic (exact) mass is 272 g/mol. The second-order valence-electron chi connectivity index (χ2n) is 5.87. The minimum absolute atomic E-state index is 0.192. The molecule has 0 amide bonds. The summed E-state index contributed by atoms with van der Waals surface area (Å²) in [6.07, 6.45) is 8.08. The van der Waals surface area contributed by atoms with Gasteiger partial charge in [0.15, 0.2) is 0 Å². The highest BCUT2D eigenvalue weighted by Gasteiger charge is 2.18. The lowest BCUT2D eigenvalue weighted by Crippen LogP contribution is -2.13. The van der Waals surface area contributed by atoms with Gasteiger partial charge in [-0.2, -0.15) is 0 Å². The molecule has 0 aliphatic heterocycles. The van der Waals surface area contributed by atoms with Crippen LogP contribution in [0.1, 0.15) is 44.2 Å². The van der Waals surface area contributed by atoms with Crippen LogP contribution in [-0.2, 0) is 11.2 Å². The predicted molar refractivity (Wildman–Crippen MR) is 82.1 cm³/mol. The number of carbonyl (C=O) groups is 1. The number of rotatable bonds is 6. The second kappa shape index (κ2) is 6.74. The summed E-state index contributed by atoms with van der Waals surface area (Å²) in [5.74, 6) is 1.87. The molecule has 0 fully saturated rings. The first kappa shape index (κ1) is 14.8. The molecule has 0 saturated carbocycles. The van der Waals surface area contributed by atoms with Gasteiger partial charge in [-0.15, -0.1) is 0 Å². The molecule has 2 atom stereocenters. The molecule has 1 aliphatic rings. The molecule has 0 N–H and O–H groups in total. The van der Waals surface area contributed by atoms with Crippen LogP contribution in [0.15, 0.2) is 30.4 Å². The third kappa shape index (κ3) is 3.96. The first-order chi connectivity index (χ1) is 9.56. The molecular formula is C18H24O2. The van der Waals surface area contributed by atoms with Crippen LogP contribution < -0.4 is 4.74 Å². The van der Waals surface area contributed by atoms with Crippen LogP contribution in [0.4, 0.5) is 0 Å². The van der Waals surface area contributed by atoms with Gasteiger partial charge in [-0.25, -0.2) is 0 Å². The third-order valence-corrected chi connectivity index (χ3v) is 3.80. The Kier molecular flexibility index (Phi) is 4.99. The van der Waals surface area contributed by atoms with E-state index >= 15 is 0 Å². The van der Waals surface area contributed by atoms with Crippen molar-refractivity contribution in [2.75, 3.05) is 0 Å². The average molecular weight is 272 g/mol. The molecule has 0 aromatic heterocycles. The Morgan fingerprint density at radius 3 is 2.80 bits per heavy atom. The Labute approximate surface area is 121 Å². The minimum Gasteiger partial charge on any atom is -0.486 e. The van der Waals surface area contributed by atoms with Gasteiger partial charge >= 0.3 is 0 Å². The number of ketones is 1. The summed E-state index contributed by atoms with van der Waals surface area (Å²) in [5.41, 5.74) is 2.40. The van der Waals surface area contributed by atoms with Crippen molar-refractivity contribution in [3.05, 3.63) is 41.5 Å².